The van der Waals surface area contributed by atoms with Gasteiger partial charge in [0.25, 0.3) is 0 Å². The Labute approximate surface area is 68.7 Å². The van der Waals surface area contributed by atoms with Crippen molar-refractivity contribution in [2.24, 2.45) is 5.92 Å². The molecule has 11 heavy (non-hydrogen) atoms. The van der Waals surface area contributed by atoms with Crippen LogP contribution >= 0.6 is 0 Å². The van der Waals surface area contributed by atoms with E-state index in [4.69, 9.17) is 0 Å². The number of hydrogen-bond donors (Lipinski definition) is 2. The molecule has 1 saturated heterocycles. The molecule has 1 aliphatic heterocycles. The Balaban J connectivity index is 1.51. The molecule has 0 aromatic carbocycles. The molecule has 64 valence electrons. The maximum atomic E-state index is 3.53. The summed E-state index contributed by atoms with van der Waals surface area (Å²) in [6.07, 6.45) is 5.67. The van der Waals surface area contributed by atoms with Gasteiger partial charge in [-0.1, -0.05) is 0 Å². The first kappa shape index (κ1) is 7.56. The molecule has 0 amide bonds. The van der Waals surface area contributed by atoms with Crippen LogP contribution in [-0.2, 0) is 0 Å². The Morgan fingerprint density at radius 1 is 1.18 bits per heavy atom. The highest BCUT2D eigenvalue weighted by Crippen LogP contribution is 2.27. The van der Waals surface area contributed by atoms with Crippen molar-refractivity contribution in [3.8, 4) is 0 Å². The van der Waals surface area contributed by atoms with E-state index in [2.05, 4.69) is 10.6 Å². The molecule has 0 spiro atoms. The van der Waals surface area contributed by atoms with Crippen LogP contribution in [0.2, 0.25) is 0 Å². The summed E-state index contributed by atoms with van der Waals surface area (Å²) in [5, 5.41) is 7.01. The van der Waals surface area contributed by atoms with E-state index in [0.717, 1.165) is 12.0 Å². The molecule has 0 radical (unpaired) electrons. The summed E-state index contributed by atoms with van der Waals surface area (Å²) < 4.78 is 0. The SMILES string of the molecule is C1CN[C@@H](CNCC2CC2)C1. The van der Waals surface area contributed by atoms with Crippen molar-refractivity contribution in [1.82, 2.24) is 10.6 Å². The van der Waals surface area contributed by atoms with E-state index in [1.165, 1.54) is 45.3 Å². The third-order valence-electron chi connectivity index (χ3n) is 2.68. The Morgan fingerprint density at radius 3 is 2.73 bits per heavy atom. The molecular weight excluding hydrogens is 136 g/mol. The van der Waals surface area contributed by atoms with Crippen LogP contribution in [0.3, 0.4) is 0 Å². The molecule has 2 N–H and O–H groups in total. The van der Waals surface area contributed by atoms with Gasteiger partial charge in [-0.05, 0) is 44.7 Å². The minimum atomic E-state index is 0.772. The molecule has 1 atom stereocenters. The lowest BCUT2D eigenvalue weighted by molar-refractivity contribution is 0.524. The molecule has 0 bridgehead atoms. The predicted molar refractivity (Wildman–Crippen MR) is 46.6 cm³/mol. The molecule has 1 aliphatic carbocycles. The van der Waals surface area contributed by atoms with Crippen molar-refractivity contribution in [2.75, 3.05) is 19.6 Å². The Kier molecular flexibility index (Phi) is 2.44. The smallest absolute Gasteiger partial charge is 0.0192 e. The monoisotopic (exact) mass is 154 g/mol. The summed E-state index contributed by atoms with van der Waals surface area (Å²) in [5.74, 6) is 1.02. The van der Waals surface area contributed by atoms with Crippen LogP contribution in [0.25, 0.3) is 0 Å². The van der Waals surface area contributed by atoms with Gasteiger partial charge < -0.3 is 10.6 Å². The van der Waals surface area contributed by atoms with Crippen molar-refractivity contribution in [3.63, 3.8) is 0 Å². The minimum Gasteiger partial charge on any atom is -0.315 e. The lowest BCUT2D eigenvalue weighted by atomic mass is 10.2. The van der Waals surface area contributed by atoms with Crippen LogP contribution in [0, 0.1) is 5.92 Å². The lowest BCUT2D eigenvalue weighted by Crippen LogP contribution is -2.34. The van der Waals surface area contributed by atoms with Crippen molar-refractivity contribution >= 4 is 0 Å². The standard InChI is InChI=1S/C9H18N2/c1-2-9(11-5-1)7-10-6-8-3-4-8/h8-11H,1-7H2/t9-/m1/s1. The molecule has 2 heteroatoms. The largest absolute Gasteiger partial charge is 0.315 e. The highest BCUT2D eigenvalue weighted by atomic mass is 15.0. The Hall–Kier alpha value is -0.0800. The van der Waals surface area contributed by atoms with Crippen LogP contribution in [0.4, 0.5) is 0 Å². The molecule has 2 rings (SSSR count). The van der Waals surface area contributed by atoms with E-state index in [0.29, 0.717) is 0 Å². The van der Waals surface area contributed by atoms with Gasteiger partial charge in [0, 0.05) is 12.6 Å². The minimum absolute atomic E-state index is 0.772. The van der Waals surface area contributed by atoms with Gasteiger partial charge >= 0.3 is 0 Å². The number of nitrogens with one attached hydrogen (secondary N) is 2. The first-order chi connectivity index (χ1) is 5.45. The molecule has 0 aromatic heterocycles. The van der Waals surface area contributed by atoms with E-state index in [-0.39, 0.29) is 0 Å². The fraction of sp³-hybridized carbons (Fsp3) is 1.00. The van der Waals surface area contributed by atoms with E-state index in [9.17, 15) is 0 Å². The maximum Gasteiger partial charge on any atom is 0.0192 e. The first-order valence-electron chi connectivity index (χ1n) is 4.89. The van der Waals surface area contributed by atoms with Crippen LogP contribution in [0.1, 0.15) is 25.7 Å². The molecule has 0 unspecified atom stereocenters. The van der Waals surface area contributed by atoms with Gasteiger partial charge in [-0.15, -0.1) is 0 Å². The molecule has 0 aromatic rings. The Morgan fingerprint density at radius 2 is 2.09 bits per heavy atom. The topological polar surface area (TPSA) is 24.1 Å². The zero-order valence-corrected chi connectivity index (χ0v) is 7.10. The lowest BCUT2D eigenvalue weighted by Gasteiger charge is -2.10. The zero-order chi connectivity index (χ0) is 7.52. The number of rotatable bonds is 4. The van der Waals surface area contributed by atoms with E-state index < -0.39 is 0 Å². The highest BCUT2D eigenvalue weighted by molar-refractivity contribution is 4.79. The summed E-state index contributed by atoms with van der Waals surface area (Å²) in [6.45, 7) is 3.68. The summed E-state index contributed by atoms with van der Waals surface area (Å²) in [6, 6.07) is 0.772. The third-order valence-corrected chi connectivity index (χ3v) is 2.68. The van der Waals surface area contributed by atoms with Gasteiger partial charge in [0.1, 0.15) is 0 Å². The molecular formula is C9H18N2. The van der Waals surface area contributed by atoms with Crippen molar-refractivity contribution in [1.29, 1.82) is 0 Å². The number of hydrogen-bond acceptors (Lipinski definition) is 2. The van der Waals surface area contributed by atoms with E-state index in [1.807, 2.05) is 0 Å². The molecule has 1 heterocycles. The van der Waals surface area contributed by atoms with Crippen LogP contribution in [0.5, 0.6) is 0 Å². The summed E-state index contributed by atoms with van der Waals surface area (Å²) in [5.41, 5.74) is 0. The van der Waals surface area contributed by atoms with Crippen LogP contribution in [-0.4, -0.2) is 25.7 Å². The summed E-state index contributed by atoms with van der Waals surface area (Å²) >= 11 is 0. The first-order valence-corrected chi connectivity index (χ1v) is 4.89. The second-order valence-corrected chi connectivity index (χ2v) is 3.89. The van der Waals surface area contributed by atoms with Gasteiger partial charge in [0.15, 0.2) is 0 Å². The van der Waals surface area contributed by atoms with Crippen LogP contribution in [0.15, 0.2) is 0 Å². The van der Waals surface area contributed by atoms with Crippen molar-refractivity contribution in [2.45, 2.75) is 31.7 Å². The third kappa shape index (κ3) is 2.46. The van der Waals surface area contributed by atoms with Crippen molar-refractivity contribution < 1.29 is 0 Å². The maximum absolute atomic E-state index is 3.53. The predicted octanol–water partition coefficient (Wildman–Crippen LogP) is 0.738. The average molecular weight is 154 g/mol. The summed E-state index contributed by atoms with van der Waals surface area (Å²) in [4.78, 5) is 0. The fourth-order valence-electron chi connectivity index (χ4n) is 1.71. The molecule has 2 fully saturated rings. The second-order valence-electron chi connectivity index (χ2n) is 3.89. The van der Waals surface area contributed by atoms with E-state index >= 15 is 0 Å². The van der Waals surface area contributed by atoms with Gasteiger partial charge in [-0.2, -0.15) is 0 Å². The van der Waals surface area contributed by atoms with Gasteiger partial charge in [-0.3, -0.25) is 0 Å². The van der Waals surface area contributed by atoms with E-state index in [1.54, 1.807) is 0 Å². The quantitative estimate of drug-likeness (QED) is 0.624. The van der Waals surface area contributed by atoms with Gasteiger partial charge in [-0.25, -0.2) is 0 Å². The normalized spacial score (nSPS) is 31.1. The molecule has 2 nitrogen and oxygen atoms in total. The fourth-order valence-corrected chi connectivity index (χ4v) is 1.71. The second kappa shape index (κ2) is 3.55. The average Bonchev–Trinajstić information content (AvgIpc) is 2.66. The zero-order valence-electron chi connectivity index (χ0n) is 7.10. The molecule has 1 saturated carbocycles. The van der Waals surface area contributed by atoms with Gasteiger partial charge in [0.2, 0.25) is 0 Å². The Bertz CT molecular complexity index is 115. The van der Waals surface area contributed by atoms with Crippen molar-refractivity contribution in [3.05, 3.63) is 0 Å². The van der Waals surface area contributed by atoms with Crippen LogP contribution < -0.4 is 10.6 Å². The highest BCUT2D eigenvalue weighted by Gasteiger charge is 2.21. The molecule has 2 aliphatic rings. The summed E-state index contributed by atoms with van der Waals surface area (Å²) in [7, 11) is 0. The van der Waals surface area contributed by atoms with Gasteiger partial charge in [0.05, 0.1) is 0 Å².